The van der Waals surface area contributed by atoms with Crippen molar-refractivity contribution in [3.8, 4) is 0 Å². The van der Waals surface area contributed by atoms with Crippen molar-refractivity contribution in [1.29, 1.82) is 0 Å². The van der Waals surface area contributed by atoms with Gasteiger partial charge in [-0.3, -0.25) is 0 Å². The van der Waals surface area contributed by atoms with Crippen molar-refractivity contribution in [2.75, 3.05) is 0 Å². The Hall–Kier alpha value is -0.370. The lowest BCUT2D eigenvalue weighted by atomic mass is 10.0. The van der Waals surface area contributed by atoms with Crippen molar-refractivity contribution in [2.24, 2.45) is 10.8 Å². The average molecular weight is 229 g/mol. The standard InChI is InChI=1S/2C5H12.C3H3NS/c2*1-5(2,3)4;1-2-4-5-3-1/h2*1-4H3;1-3H. The summed E-state index contributed by atoms with van der Waals surface area (Å²) < 4.78 is 3.76. The molecule has 0 aromatic carbocycles. The van der Waals surface area contributed by atoms with Crippen LogP contribution in [0.5, 0.6) is 0 Å². The van der Waals surface area contributed by atoms with E-state index in [2.05, 4.69) is 59.8 Å². The lowest BCUT2D eigenvalue weighted by Gasteiger charge is -2.05. The molecule has 0 radical (unpaired) electrons. The molecule has 0 fully saturated rings. The highest BCUT2D eigenvalue weighted by Gasteiger charge is 1.96. The maximum Gasteiger partial charge on any atom is 0.0406 e. The first-order chi connectivity index (χ1) is 6.50. The fraction of sp³-hybridized carbons (Fsp3) is 0.769. The Morgan fingerprint density at radius 3 is 1.20 bits per heavy atom. The van der Waals surface area contributed by atoms with E-state index in [9.17, 15) is 0 Å². The van der Waals surface area contributed by atoms with Gasteiger partial charge in [0, 0.05) is 11.6 Å². The van der Waals surface area contributed by atoms with E-state index in [4.69, 9.17) is 0 Å². The average Bonchev–Trinajstić information content (AvgIpc) is 2.28. The van der Waals surface area contributed by atoms with E-state index in [1.807, 2.05) is 11.4 Å². The summed E-state index contributed by atoms with van der Waals surface area (Å²) in [5.74, 6) is 0. The predicted molar refractivity (Wildman–Crippen MR) is 72.4 cm³/mol. The predicted octanol–water partition coefficient (Wildman–Crippen LogP) is 5.25. The molecule has 0 saturated heterocycles. The Bertz CT molecular complexity index is 160. The van der Waals surface area contributed by atoms with Crippen LogP contribution in [0.1, 0.15) is 55.4 Å². The Morgan fingerprint density at radius 2 is 1.13 bits per heavy atom. The molecule has 1 aromatic heterocycles. The molecular weight excluding hydrogens is 202 g/mol. The van der Waals surface area contributed by atoms with E-state index in [1.165, 1.54) is 11.5 Å². The second-order valence-electron chi connectivity index (χ2n) is 6.69. The number of hydrogen-bond donors (Lipinski definition) is 0. The van der Waals surface area contributed by atoms with Crippen LogP contribution in [-0.2, 0) is 0 Å². The Balaban J connectivity index is 0. The van der Waals surface area contributed by atoms with Crippen molar-refractivity contribution in [3.63, 3.8) is 0 Å². The van der Waals surface area contributed by atoms with Gasteiger partial charge in [-0.05, 0) is 28.4 Å². The normalized spacial score (nSPS) is 10.7. The molecule has 0 N–H and O–H groups in total. The second-order valence-corrected chi connectivity index (χ2v) is 7.38. The van der Waals surface area contributed by atoms with Crippen molar-refractivity contribution >= 4 is 11.5 Å². The molecule has 0 bridgehead atoms. The summed E-state index contributed by atoms with van der Waals surface area (Å²) in [6.07, 6.45) is 1.77. The highest BCUT2D eigenvalue weighted by molar-refractivity contribution is 7.03. The van der Waals surface area contributed by atoms with E-state index in [-0.39, 0.29) is 0 Å². The van der Waals surface area contributed by atoms with Crippen LogP contribution >= 0.6 is 11.5 Å². The highest BCUT2D eigenvalue weighted by Crippen LogP contribution is 2.08. The Labute approximate surface area is 100 Å². The number of hydrogen-bond acceptors (Lipinski definition) is 2. The van der Waals surface area contributed by atoms with Gasteiger partial charge in [0.2, 0.25) is 0 Å². The lowest BCUT2D eigenvalue weighted by molar-refractivity contribution is 0.469. The second kappa shape index (κ2) is 7.86. The van der Waals surface area contributed by atoms with E-state index in [1.54, 1.807) is 6.20 Å². The molecule has 0 amide bonds. The molecule has 1 heterocycles. The molecule has 1 aromatic rings. The molecular formula is C13H27NS. The smallest absolute Gasteiger partial charge is 0.0406 e. The van der Waals surface area contributed by atoms with Gasteiger partial charge in [-0.2, -0.15) is 0 Å². The minimum absolute atomic E-state index is 0.500. The van der Waals surface area contributed by atoms with Crippen LogP contribution < -0.4 is 0 Å². The molecule has 2 heteroatoms. The fourth-order valence-corrected chi connectivity index (χ4v) is 0.527. The number of nitrogens with zero attached hydrogens (tertiary/aromatic N) is 1. The molecule has 0 unspecified atom stereocenters. The molecule has 0 spiro atoms. The molecule has 0 aliphatic heterocycles. The summed E-state index contributed by atoms with van der Waals surface area (Å²) in [6.45, 7) is 17.5. The molecule has 15 heavy (non-hydrogen) atoms. The van der Waals surface area contributed by atoms with E-state index < -0.39 is 0 Å². The summed E-state index contributed by atoms with van der Waals surface area (Å²) in [4.78, 5) is 0. The quantitative estimate of drug-likeness (QED) is 0.592. The van der Waals surface area contributed by atoms with Crippen LogP contribution in [-0.4, -0.2) is 4.37 Å². The minimum atomic E-state index is 0.500. The van der Waals surface area contributed by atoms with Gasteiger partial charge in [0.25, 0.3) is 0 Å². The molecule has 0 atom stereocenters. The first kappa shape index (κ1) is 17.0. The summed E-state index contributed by atoms with van der Waals surface area (Å²) >= 11 is 1.46. The monoisotopic (exact) mass is 229 g/mol. The number of aromatic nitrogens is 1. The van der Waals surface area contributed by atoms with Crippen LogP contribution in [0.4, 0.5) is 0 Å². The van der Waals surface area contributed by atoms with Gasteiger partial charge in [-0.25, -0.2) is 4.37 Å². The molecule has 1 rings (SSSR count). The molecule has 0 aliphatic rings. The van der Waals surface area contributed by atoms with Gasteiger partial charge in [0.05, 0.1) is 0 Å². The molecule has 1 nitrogen and oxygen atoms in total. The maximum absolute atomic E-state index is 3.76. The topological polar surface area (TPSA) is 12.9 Å². The summed E-state index contributed by atoms with van der Waals surface area (Å²) in [5.41, 5.74) is 1.00. The minimum Gasteiger partial charge on any atom is -0.201 e. The van der Waals surface area contributed by atoms with E-state index in [0.29, 0.717) is 10.8 Å². The molecule has 0 saturated carbocycles. The maximum atomic E-state index is 3.76. The summed E-state index contributed by atoms with van der Waals surface area (Å²) in [5, 5.41) is 1.93. The Kier molecular flexibility index (Phi) is 8.93. The van der Waals surface area contributed by atoms with Crippen LogP contribution in [0.2, 0.25) is 0 Å². The molecule has 0 aliphatic carbocycles. The van der Waals surface area contributed by atoms with Gasteiger partial charge < -0.3 is 0 Å². The zero-order chi connectivity index (χ0) is 12.5. The van der Waals surface area contributed by atoms with Crippen LogP contribution in [0.25, 0.3) is 0 Å². The van der Waals surface area contributed by atoms with Crippen molar-refractivity contribution < 1.29 is 0 Å². The van der Waals surface area contributed by atoms with Crippen molar-refractivity contribution in [1.82, 2.24) is 4.37 Å². The fourth-order valence-electron chi connectivity index (χ4n) is 0.176. The van der Waals surface area contributed by atoms with Gasteiger partial charge in [0.1, 0.15) is 0 Å². The summed E-state index contributed by atoms with van der Waals surface area (Å²) in [6, 6.07) is 1.91. The Morgan fingerprint density at radius 1 is 0.800 bits per heavy atom. The third-order valence-corrected chi connectivity index (χ3v) is 0.869. The lowest BCUT2D eigenvalue weighted by Crippen LogP contribution is -1.93. The summed E-state index contributed by atoms with van der Waals surface area (Å²) in [7, 11) is 0. The molecule has 90 valence electrons. The van der Waals surface area contributed by atoms with E-state index in [0.717, 1.165) is 0 Å². The van der Waals surface area contributed by atoms with Crippen molar-refractivity contribution in [2.45, 2.75) is 55.4 Å². The highest BCUT2D eigenvalue weighted by atomic mass is 32.1. The van der Waals surface area contributed by atoms with Gasteiger partial charge in [0.15, 0.2) is 0 Å². The third-order valence-electron chi connectivity index (χ3n) is 0.347. The van der Waals surface area contributed by atoms with Crippen molar-refractivity contribution in [3.05, 3.63) is 17.6 Å². The van der Waals surface area contributed by atoms with Gasteiger partial charge in [-0.15, -0.1) is 0 Å². The first-order valence-corrected chi connectivity index (χ1v) is 6.18. The van der Waals surface area contributed by atoms with Crippen LogP contribution in [0.3, 0.4) is 0 Å². The first-order valence-electron chi connectivity index (χ1n) is 5.34. The largest absolute Gasteiger partial charge is 0.201 e. The third kappa shape index (κ3) is 86.0. The van der Waals surface area contributed by atoms with Crippen LogP contribution in [0.15, 0.2) is 17.6 Å². The van der Waals surface area contributed by atoms with Gasteiger partial charge in [-0.1, -0.05) is 55.4 Å². The SMILES string of the molecule is CC(C)(C)C.CC(C)(C)C.c1cnsc1. The zero-order valence-electron chi connectivity index (χ0n) is 11.6. The number of rotatable bonds is 0. The van der Waals surface area contributed by atoms with E-state index >= 15 is 0 Å². The zero-order valence-corrected chi connectivity index (χ0v) is 12.4. The van der Waals surface area contributed by atoms with Gasteiger partial charge >= 0.3 is 0 Å². The van der Waals surface area contributed by atoms with Crippen LogP contribution in [0, 0.1) is 10.8 Å².